The van der Waals surface area contributed by atoms with Crippen LogP contribution in [0.15, 0.2) is 24.3 Å². The fourth-order valence-corrected chi connectivity index (χ4v) is 2.35. The predicted molar refractivity (Wildman–Crippen MR) is 85.7 cm³/mol. The number of ether oxygens (including phenoxy) is 1. The van der Waals surface area contributed by atoms with Crippen molar-refractivity contribution in [2.75, 3.05) is 0 Å². The van der Waals surface area contributed by atoms with Gasteiger partial charge in [-0.05, 0) is 44.4 Å². The lowest BCUT2D eigenvalue weighted by atomic mass is 10.1. The van der Waals surface area contributed by atoms with Gasteiger partial charge in [-0.3, -0.25) is 4.68 Å². The predicted octanol–water partition coefficient (Wildman–Crippen LogP) is 3.24. The maximum atomic E-state index is 6.20. The molecule has 0 saturated carbocycles. The summed E-state index contributed by atoms with van der Waals surface area (Å²) in [6, 6.07) is 8.35. The lowest BCUT2D eigenvalue weighted by Gasteiger charge is -2.09. The Kier molecular flexibility index (Phi) is 5.26. The van der Waals surface area contributed by atoms with Crippen molar-refractivity contribution in [1.82, 2.24) is 9.78 Å². The van der Waals surface area contributed by atoms with Crippen molar-refractivity contribution in [2.24, 2.45) is 12.8 Å². The largest absolute Gasteiger partial charge is 0.487 e. The fraction of sp³-hybridized carbons (Fsp3) is 0.438. The number of nitrogens with zero attached hydrogens (tertiary/aromatic N) is 2. The maximum absolute atomic E-state index is 6.20. The van der Waals surface area contributed by atoms with Crippen molar-refractivity contribution < 1.29 is 4.74 Å². The molecule has 1 atom stereocenters. The van der Waals surface area contributed by atoms with Gasteiger partial charge in [-0.15, -0.1) is 0 Å². The van der Waals surface area contributed by atoms with Gasteiger partial charge in [-0.1, -0.05) is 23.7 Å². The highest BCUT2D eigenvalue weighted by Crippen LogP contribution is 2.22. The number of benzene rings is 1. The third-order valence-corrected chi connectivity index (χ3v) is 3.94. The minimum atomic E-state index is 0.233. The van der Waals surface area contributed by atoms with Crippen molar-refractivity contribution in [3.63, 3.8) is 0 Å². The number of hydrogen-bond acceptors (Lipinski definition) is 3. The van der Waals surface area contributed by atoms with Crippen LogP contribution >= 0.6 is 11.6 Å². The molecule has 2 N–H and O–H groups in total. The SMILES string of the molecule is Cc1nn(C)c(COc2ccc(CCC(C)N)cc2)c1Cl. The van der Waals surface area contributed by atoms with E-state index < -0.39 is 0 Å². The molecule has 0 bridgehead atoms. The summed E-state index contributed by atoms with van der Waals surface area (Å²) in [5.41, 5.74) is 8.75. The van der Waals surface area contributed by atoms with Crippen LogP contribution in [-0.2, 0) is 20.1 Å². The summed E-state index contributed by atoms with van der Waals surface area (Å²) in [4.78, 5) is 0. The monoisotopic (exact) mass is 307 g/mol. The van der Waals surface area contributed by atoms with E-state index in [0.717, 1.165) is 30.0 Å². The molecule has 0 amide bonds. The summed E-state index contributed by atoms with van der Waals surface area (Å²) < 4.78 is 7.54. The van der Waals surface area contributed by atoms with Gasteiger partial charge < -0.3 is 10.5 Å². The first-order valence-corrected chi connectivity index (χ1v) is 7.50. The molecule has 1 unspecified atom stereocenters. The first-order chi connectivity index (χ1) is 9.97. The minimum absolute atomic E-state index is 0.233. The number of aryl methyl sites for hydroxylation is 3. The molecule has 21 heavy (non-hydrogen) atoms. The summed E-state index contributed by atoms with van der Waals surface area (Å²) in [6.45, 7) is 4.32. The van der Waals surface area contributed by atoms with Gasteiger partial charge in [0.15, 0.2) is 0 Å². The van der Waals surface area contributed by atoms with Crippen molar-refractivity contribution in [1.29, 1.82) is 0 Å². The standard InChI is InChI=1S/C16H22ClN3O/c1-11(18)4-5-13-6-8-14(9-7-13)21-10-15-16(17)12(2)19-20(15)3/h6-9,11H,4-5,10,18H2,1-3H3. The summed E-state index contributed by atoms with van der Waals surface area (Å²) in [5.74, 6) is 0.828. The van der Waals surface area contributed by atoms with E-state index in [1.807, 2.05) is 33.0 Å². The van der Waals surface area contributed by atoms with Gasteiger partial charge in [0.2, 0.25) is 0 Å². The summed E-state index contributed by atoms with van der Waals surface area (Å²) in [7, 11) is 1.87. The highest BCUT2D eigenvalue weighted by atomic mass is 35.5. The van der Waals surface area contributed by atoms with Crippen LogP contribution in [0.2, 0.25) is 5.02 Å². The Morgan fingerprint density at radius 1 is 1.33 bits per heavy atom. The van der Waals surface area contributed by atoms with E-state index in [1.165, 1.54) is 5.56 Å². The molecule has 0 saturated heterocycles. The second-order valence-electron chi connectivity index (χ2n) is 5.42. The second kappa shape index (κ2) is 6.96. The normalized spacial score (nSPS) is 12.4. The Morgan fingerprint density at radius 2 is 2.00 bits per heavy atom. The summed E-state index contributed by atoms with van der Waals surface area (Å²) >= 11 is 6.20. The molecule has 0 aliphatic heterocycles. The number of nitrogens with two attached hydrogens (primary N) is 1. The van der Waals surface area contributed by atoms with Crippen molar-refractivity contribution in [2.45, 2.75) is 39.3 Å². The van der Waals surface area contributed by atoms with Crippen LogP contribution in [0.1, 0.15) is 30.3 Å². The zero-order valence-corrected chi connectivity index (χ0v) is 13.5. The Morgan fingerprint density at radius 3 is 2.52 bits per heavy atom. The Bertz CT molecular complexity index is 590. The molecule has 114 valence electrons. The van der Waals surface area contributed by atoms with Crippen LogP contribution < -0.4 is 10.5 Å². The molecule has 2 aromatic rings. The molecule has 1 aromatic heterocycles. The molecular weight excluding hydrogens is 286 g/mol. The van der Waals surface area contributed by atoms with Crippen LogP contribution in [0.3, 0.4) is 0 Å². The third-order valence-electron chi connectivity index (χ3n) is 3.45. The average molecular weight is 308 g/mol. The van der Waals surface area contributed by atoms with Crippen LogP contribution in [0.5, 0.6) is 5.75 Å². The van der Waals surface area contributed by atoms with Crippen LogP contribution in [0.4, 0.5) is 0 Å². The highest BCUT2D eigenvalue weighted by Gasteiger charge is 2.11. The molecule has 1 aromatic carbocycles. The Hall–Kier alpha value is -1.52. The summed E-state index contributed by atoms with van der Waals surface area (Å²) in [6.07, 6.45) is 1.98. The molecular formula is C16H22ClN3O. The Balaban J connectivity index is 1.94. The smallest absolute Gasteiger partial charge is 0.131 e. The molecule has 1 heterocycles. The lowest BCUT2D eigenvalue weighted by Crippen LogP contribution is -2.15. The summed E-state index contributed by atoms with van der Waals surface area (Å²) in [5, 5.41) is 4.94. The molecule has 5 heteroatoms. The minimum Gasteiger partial charge on any atom is -0.487 e. The van der Waals surface area contributed by atoms with E-state index in [9.17, 15) is 0 Å². The first-order valence-electron chi connectivity index (χ1n) is 7.12. The molecule has 0 fully saturated rings. The molecule has 0 spiro atoms. The van der Waals surface area contributed by atoms with Crippen LogP contribution in [-0.4, -0.2) is 15.8 Å². The molecule has 0 radical (unpaired) electrons. The van der Waals surface area contributed by atoms with Crippen molar-refractivity contribution in [3.8, 4) is 5.75 Å². The van der Waals surface area contributed by atoms with E-state index in [-0.39, 0.29) is 6.04 Å². The second-order valence-corrected chi connectivity index (χ2v) is 5.80. The van der Waals surface area contributed by atoms with Crippen LogP contribution in [0, 0.1) is 6.92 Å². The molecule has 0 aliphatic rings. The topological polar surface area (TPSA) is 53.1 Å². The third kappa shape index (κ3) is 4.22. The van der Waals surface area contributed by atoms with Crippen molar-refractivity contribution >= 4 is 11.6 Å². The number of aromatic nitrogens is 2. The van der Waals surface area contributed by atoms with E-state index in [4.69, 9.17) is 22.1 Å². The van der Waals surface area contributed by atoms with E-state index >= 15 is 0 Å². The van der Waals surface area contributed by atoms with Gasteiger partial charge in [-0.25, -0.2) is 0 Å². The average Bonchev–Trinajstić information content (AvgIpc) is 2.69. The molecule has 4 nitrogen and oxygen atoms in total. The maximum Gasteiger partial charge on any atom is 0.131 e. The number of rotatable bonds is 6. The highest BCUT2D eigenvalue weighted by molar-refractivity contribution is 6.31. The van der Waals surface area contributed by atoms with E-state index in [2.05, 4.69) is 17.2 Å². The quantitative estimate of drug-likeness (QED) is 0.891. The Labute approximate surface area is 130 Å². The van der Waals surface area contributed by atoms with Gasteiger partial charge in [0.1, 0.15) is 12.4 Å². The van der Waals surface area contributed by atoms with Gasteiger partial charge in [-0.2, -0.15) is 5.10 Å². The van der Waals surface area contributed by atoms with Gasteiger partial charge >= 0.3 is 0 Å². The van der Waals surface area contributed by atoms with E-state index in [1.54, 1.807) is 4.68 Å². The number of hydrogen-bond donors (Lipinski definition) is 1. The molecule has 2 rings (SSSR count). The van der Waals surface area contributed by atoms with Gasteiger partial charge in [0, 0.05) is 13.1 Å². The first kappa shape index (κ1) is 15.9. The zero-order valence-electron chi connectivity index (χ0n) is 12.8. The molecule has 0 aliphatic carbocycles. The number of halogens is 1. The zero-order chi connectivity index (χ0) is 15.4. The lowest BCUT2D eigenvalue weighted by molar-refractivity contribution is 0.295. The van der Waals surface area contributed by atoms with Crippen molar-refractivity contribution in [3.05, 3.63) is 46.2 Å². The van der Waals surface area contributed by atoms with Crippen LogP contribution in [0.25, 0.3) is 0 Å². The van der Waals surface area contributed by atoms with Gasteiger partial charge in [0.25, 0.3) is 0 Å². The van der Waals surface area contributed by atoms with E-state index in [0.29, 0.717) is 11.6 Å². The van der Waals surface area contributed by atoms with Gasteiger partial charge in [0.05, 0.1) is 16.4 Å². The fourth-order valence-electron chi connectivity index (χ4n) is 2.14.